The van der Waals surface area contributed by atoms with Crippen molar-refractivity contribution >= 4 is 0 Å². The van der Waals surface area contributed by atoms with E-state index in [0.717, 1.165) is 30.9 Å². The first-order chi connectivity index (χ1) is 13.6. The summed E-state index contributed by atoms with van der Waals surface area (Å²) in [4.78, 5) is 31.1. The van der Waals surface area contributed by atoms with Crippen molar-refractivity contribution in [2.45, 2.75) is 51.6 Å². The standard InChI is InChI=1S/C21H23N5O2/c1-13-11-25(21(28)23-20(13)27)12-19-22-18(8-14-6-7-14)24-26(19)17-9-15-4-2-3-5-16(15)10-17/h2-5,11,14,17H,6-10,12H2,1H3,(H,23,27,28). The van der Waals surface area contributed by atoms with E-state index < -0.39 is 5.69 Å². The second kappa shape index (κ2) is 6.58. The smallest absolute Gasteiger partial charge is 0.293 e. The molecule has 2 heterocycles. The molecule has 28 heavy (non-hydrogen) atoms. The lowest BCUT2D eigenvalue weighted by Crippen LogP contribution is -2.32. The molecule has 7 heteroatoms. The van der Waals surface area contributed by atoms with Gasteiger partial charge in [0, 0.05) is 18.2 Å². The van der Waals surface area contributed by atoms with E-state index in [1.54, 1.807) is 13.1 Å². The van der Waals surface area contributed by atoms with Crippen LogP contribution in [0.3, 0.4) is 0 Å². The number of hydrogen-bond acceptors (Lipinski definition) is 4. The Hall–Kier alpha value is -2.96. The maximum atomic E-state index is 12.3. The monoisotopic (exact) mass is 377 g/mol. The number of benzene rings is 1. The van der Waals surface area contributed by atoms with Gasteiger partial charge in [-0.15, -0.1) is 0 Å². The van der Waals surface area contributed by atoms with Crippen molar-refractivity contribution in [2.24, 2.45) is 5.92 Å². The van der Waals surface area contributed by atoms with Gasteiger partial charge in [0.1, 0.15) is 5.82 Å². The summed E-state index contributed by atoms with van der Waals surface area (Å²) in [5.74, 6) is 2.34. The number of H-pyrrole nitrogens is 1. The molecule has 2 aliphatic carbocycles. The minimum atomic E-state index is -0.413. The lowest BCUT2D eigenvalue weighted by molar-refractivity contribution is 0.443. The molecular formula is C21H23N5O2. The molecule has 0 bridgehead atoms. The van der Waals surface area contributed by atoms with Crippen LogP contribution < -0.4 is 11.2 Å². The fraction of sp³-hybridized carbons (Fsp3) is 0.429. The molecule has 0 saturated heterocycles. The summed E-state index contributed by atoms with van der Waals surface area (Å²) in [6, 6.07) is 8.71. The molecule has 0 spiro atoms. The lowest BCUT2D eigenvalue weighted by Gasteiger charge is -2.14. The Kier molecular flexibility index (Phi) is 4.03. The van der Waals surface area contributed by atoms with Gasteiger partial charge in [0.15, 0.2) is 5.82 Å². The first kappa shape index (κ1) is 17.2. The number of rotatable bonds is 5. The Morgan fingerprint density at radius 2 is 1.86 bits per heavy atom. The Balaban J connectivity index is 1.50. The van der Waals surface area contributed by atoms with Crippen LogP contribution in [0.4, 0.5) is 0 Å². The van der Waals surface area contributed by atoms with E-state index in [-0.39, 0.29) is 11.6 Å². The number of aromatic amines is 1. The predicted octanol–water partition coefficient (Wildman–Crippen LogP) is 1.78. The quantitative estimate of drug-likeness (QED) is 0.734. The average Bonchev–Trinajstić information content (AvgIpc) is 3.23. The summed E-state index contributed by atoms with van der Waals surface area (Å²) >= 11 is 0. The van der Waals surface area contributed by atoms with Gasteiger partial charge in [-0.05, 0) is 49.7 Å². The molecule has 0 radical (unpaired) electrons. The molecule has 1 aromatic carbocycles. The minimum Gasteiger partial charge on any atom is -0.293 e. The summed E-state index contributed by atoms with van der Waals surface area (Å²) in [5, 5.41) is 4.84. The van der Waals surface area contributed by atoms with Crippen molar-refractivity contribution in [2.75, 3.05) is 0 Å². The molecule has 0 atom stereocenters. The lowest BCUT2D eigenvalue weighted by atomic mass is 10.1. The zero-order valence-corrected chi connectivity index (χ0v) is 15.9. The summed E-state index contributed by atoms with van der Waals surface area (Å²) in [5.41, 5.74) is 2.47. The van der Waals surface area contributed by atoms with Crippen molar-refractivity contribution in [1.29, 1.82) is 0 Å². The first-order valence-electron chi connectivity index (χ1n) is 9.88. The largest absolute Gasteiger partial charge is 0.328 e. The van der Waals surface area contributed by atoms with E-state index >= 15 is 0 Å². The van der Waals surface area contributed by atoms with Crippen LogP contribution in [0.15, 0.2) is 40.1 Å². The van der Waals surface area contributed by atoms with Crippen LogP contribution in [0.2, 0.25) is 0 Å². The molecule has 1 saturated carbocycles. The molecule has 2 aromatic heterocycles. The highest BCUT2D eigenvalue weighted by Crippen LogP contribution is 2.33. The van der Waals surface area contributed by atoms with Crippen molar-refractivity contribution in [3.63, 3.8) is 0 Å². The summed E-state index contributed by atoms with van der Waals surface area (Å²) < 4.78 is 3.53. The minimum absolute atomic E-state index is 0.215. The Labute approximate surface area is 162 Å². The molecular weight excluding hydrogens is 354 g/mol. The van der Waals surface area contributed by atoms with Crippen LogP contribution in [-0.4, -0.2) is 24.3 Å². The molecule has 1 fully saturated rings. The maximum absolute atomic E-state index is 12.3. The fourth-order valence-electron chi connectivity index (χ4n) is 4.07. The predicted molar refractivity (Wildman–Crippen MR) is 104 cm³/mol. The molecule has 1 N–H and O–H groups in total. The van der Waals surface area contributed by atoms with Gasteiger partial charge in [-0.1, -0.05) is 24.3 Å². The zero-order valence-electron chi connectivity index (χ0n) is 15.9. The summed E-state index contributed by atoms with van der Waals surface area (Å²) in [7, 11) is 0. The molecule has 144 valence electrons. The molecule has 2 aliphatic rings. The third-order valence-electron chi connectivity index (χ3n) is 5.79. The van der Waals surface area contributed by atoms with Crippen LogP contribution in [0.1, 0.15) is 47.2 Å². The molecule has 0 aliphatic heterocycles. The van der Waals surface area contributed by atoms with Crippen LogP contribution in [0.5, 0.6) is 0 Å². The Morgan fingerprint density at radius 3 is 2.54 bits per heavy atom. The van der Waals surface area contributed by atoms with E-state index in [1.165, 1.54) is 28.5 Å². The van der Waals surface area contributed by atoms with Crippen molar-refractivity contribution < 1.29 is 0 Å². The van der Waals surface area contributed by atoms with E-state index in [9.17, 15) is 9.59 Å². The maximum Gasteiger partial charge on any atom is 0.328 e. The van der Waals surface area contributed by atoms with Crippen LogP contribution in [0.25, 0.3) is 0 Å². The molecule has 7 nitrogen and oxygen atoms in total. The van der Waals surface area contributed by atoms with Gasteiger partial charge in [0.05, 0.1) is 12.6 Å². The SMILES string of the molecule is Cc1cn(Cc2nc(CC3CC3)nn2C2Cc3ccccc3C2)c(=O)[nH]c1=O. The summed E-state index contributed by atoms with van der Waals surface area (Å²) in [6.07, 6.45) is 6.85. The van der Waals surface area contributed by atoms with Crippen LogP contribution in [-0.2, 0) is 25.8 Å². The van der Waals surface area contributed by atoms with Crippen molar-refractivity contribution in [3.05, 3.63) is 79.6 Å². The highest BCUT2D eigenvalue weighted by atomic mass is 16.2. The van der Waals surface area contributed by atoms with E-state index in [2.05, 4.69) is 29.2 Å². The van der Waals surface area contributed by atoms with Gasteiger partial charge >= 0.3 is 5.69 Å². The second-order valence-electron chi connectivity index (χ2n) is 8.07. The fourth-order valence-corrected chi connectivity index (χ4v) is 4.07. The van der Waals surface area contributed by atoms with Gasteiger partial charge in [0.2, 0.25) is 0 Å². The normalized spacial score (nSPS) is 16.5. The van der Waals surface area contributed by atoms with Gasteiger partial charge in [-0.3, -0.25) is 14.3 Å². The zero-order chi connectivity index (χ0) is 19.3. The van der Waals surface area contributed by atoms with Gasteiger partial charge < -0.3 is 0 Å². The molecule has 0 unspecified atom stereocenters. The number of nitrogens with one attached hydrogen (secondary N) is 1. The van der Waals surface area contributed by atoms with Crippen molar-refractivity contribution in [3.8, 4) is 0 Å². The Morgan fingerprint density at radius 1 is 1.14 bits per heavy atom. The third-order valence-corrected chi connectivity index (χ3v) is 5.79. The number of hydrogen-bond donors (Lipinski definition) is 1. The highest BCUT2D eigenvalue weighted by molar-refractivity contribution is 5.33. The molecule has 0 amide bonds. The van der Waals surface area contributed by atoms with E-state index in [4.69, 9.17) is 10.1 Å². The van der Waals surface area contributed by atoms with Gasteiger partial charge in [-0.25, -0.2) is 14.5 Å². The Bertz CT molecular complexity index is 1130. The van der Waals surface area contributed by atoms with Crippen LogP contribution >= 0.6 is 0 Å². The van der Waals surface area contributed by atoms with Crippen LogP contribution in [0, 0.1) is 12.8 Å². The van der Waals surface area contributed by atoms with Crippen molar-refractivity contribution in [1.82, 2.24) is 24.3 Å². The van der Waals surface area contributed by atoms with E-state index in [1.807, 2.05) is 4.68 Å². The van der Waals surface area contributed by atoms with Gasteiger partial charge in [0.25, 0.3) is 5.56 Å². The average molecular weight is 377 g/mol. The van der Waals surface area contributed by atoms with E-state index in [0.29, 0.717) is 18.0 Å². The first-order valence-corrected chi connectivity index (χ1v) is 9.88. The molecule has 3 aromatic rings. The molecule has 5 rings (SSSR count). The number of aromatic nitrogens is 5. The third kappa shape index (κ3) is 3.21. The number of fused-ring (bicyclic) bond motifs is 1. The second-order valence-corrected chi connectivity index (χ2v) is 8.07. The van der Waals surface area contributed by atoms with Gasteiger partial charge in [-0.2, -0.15) is 5.10 Å². The number of nitrogens with zero attached hydrogens (tertiary/aromatic N) is 4. The number of aryl methyl sites for hydroxylation is 1. The topological polar surface area (TPSA) is 85.6 Å². The summed E-state index contributed by atoms with van der Waals surface area (Å²) in [6.45, 7) is 2.01. The highest BCUT2D eigenvalue weighted by Gasteiger charge is 2.29.